The molecule has 2 N–H and O–H groups in total. The lowest BCUT2D eigenvalue weighted by Gasteiger charge is -2.05. The minimum absolute atomic E-state index is 0.0463. The van der Waals surface area contributed by atoms with Gasteiger partial charge in [0.1, 0.15) is 11.4 Å². The number of carboxylic acids is 1. The highest BCUT2D eigenvalue weighted by Crippen LogP contribution is 2.31. The van der Waals surface area contributed by atoms with Gasteiger partial charge in [0, 0.05) is 10.0 Å². The van der Waals surface area contributed by atoms with Crippen LogP contribution in [-0.2, 0) is 0 Å². The van der Waals surface area contributed by atoms with Crippen LogP contribution in [0, 0.1) is 0 Å². The molecule has 2 aromatic rings. The average Bonchev–Trinajstić information content (AvgIpc) is 2.78. The van der Waals surface area contributed by atoms with Gasteiger partial charge in [0.05, 0.1) is 12.8 Å². The molecule has 88 valence electrons. The largest absolute Gasteiger partial charge is 0.496 e. The molecule has 0 atom stereocenters. The second kappa shape index (κ2) is 4.58. The van der Waals surface area contributed by atoms with Crippen LogP contribution in [0.5, 0.6) is 5.75 Å². The Labute approximate surface area is 106 Å². The first-order valence-electron chi connectivity index (χ1n) is 4.74. The number of halogens is 1. The Bertz CT molecular complexity index is 566. The van der Waals surface area contributed by atoms with Crippen LogP contribution in [0.15, 0.2) is 28.7 Å². The van der Waals surface area contributed by atoms with E-state index < -0.39 is 5.97 Å². The molecule has 1 heterocycles. The van der Waals surface area contributed by atoms with Crippen molar-refractivity contribution in [2.75, 3.05) is 7.11 Å². The van der Waals surface area contributed by atoms with Gasteiger partial charge in [-0.05, 0) is 24.3 Å². The van der Waals surface area contributed by atoms with E-state index in [1.807, 2.05) is 12.1 Å². The van der Waals surface area contributed by atoms with E-state index in [0.29, 0.717) is 11.4 Å². The summed E-state index contributed by atoms with van der Waals surface area (Å²) in [5, 5.41) is 15.2. The zero-order chi connectivity index (χ0) is 12.4. The van der Waals surface area contributed by atoms with E-state index in [2.05, 4.69) is 26.1 Å². The van der Waals surface area contributed by atoms with E-state index in [1.165, 1.54) is 6.07 Å². The Morgan fingerprint density at radius 2 is 2.24 bits per heavy atom. The number of benzene rings is 1. The highest BCUT2D eigenvalue weighted by molar-refractivity contribution is 9.10. The fourth-order valence-corrected chi connectivity index (χ4v) is 1.79. The zero-order valence-electron chi connectivity index (χ0n) is 8.90. The number of nitrogens with one attached hydrogen (secondary N) is 1. The van der Waals surface area contributed by atoms with Crippen molar-refractivity contribution in [3.8, 4) is 17.0 Å². The first-order chi connectivity index (χ1) is 8.11. The molecule has 0 saturated carbocycles. The standard InChI is InChI=1S/C11H9BrN2O3/c1-17-10-4-6(12)2-3-7(10)8-5-9(11(15)16)14-13-8/h2-5H,1H3,(H,13,14)(H,15,16). The maximum atomic E-state index is 10.7. The van der Waals surface area contributed by atoms with E-state index >= 15 is 0 Å². The summed E-state index contributed by atoms with van der Waals surface area (Å²) in [4.78, 5) is 10.7. The van der Waals surface area contributed by atoms with Crippen LogP contribution in [0.25, 0.3) is 11.3 Å². The summed E-state index contributed by atoms with van der Waals surface area (Å²) in [5.74, 6) is -0.414. The predicted octanol–water partition coefficient (Wildman–Crippen LogP) is 2.55. The normalized spacial score (nSPS) is 10.2. The van der Waals surface area contributed by atoms with Crippen molar-refractivity contribution in [2.45, 2.75) is 0 Å². The van der Waals surface area contributed by atoms with Gasteiger partial charge in [-0.2, -0.15) is 5.10 Å². The van der Waals surface area contributed by atoms with Crippen molar-refractivity contribution in [2.24, 2.45) is 0 Å². The molecule has 1 aromatic heterocycles. The SMILES string of the molecule is COc1cc(Br)ccc1-c1cc(C(=O)O)[nH]n1. The molecular weight excluding hydrogens is 288 g/mol. The van der Waals surface area contributed by atoms with Crippen LogP contribution >= 0.6 is 15.9 Å². The second-order valence-electron chi connectivity index (χ2n) is 3.32. The van der Waals surface area contributed by atoms with Crippen molar-refractivity contribution >= 4 is 21.9 Å². The van der Waals surface area contributed by atoms with Gasteiger partial charge in [0.2, 0.25) is 0 Å². The van der Waals surface area contributed by atoms with Crippen LogP contribution in [-0.4, -0.2) is 28.4 Å². The lowest BCUT2D eigenvalue weighted by molar-refractivity contribution is 0.0690. The highest BCUT2D eigenvalue weighted by atomic mass is 79.9. The number of carbonyl (C=O) groups is 1. The van der Waals surface area contributed by atoms with Crippen LogP contribution < -0.4 is 4.74 Å². The van der Waals surface area contributed by atoms with E-state index in [9.17, 15) is 4.79 Å². The molecule has 0 amide bonds. The van der Waals surface area contributed by atoms with Gasteiger partial charge in [0.15, 0.2) is 0 Å². The monoisotopic (exact) mass is 296 g/mol. The van der Waals surface area contributed by atoms with Gasteiger partial charge in [-0.25, -0.2) is 4.79 Å². The number of ether oxygens (including phenoxy) is 1. The molecule has 0 spiro atoms. The van der Waals surface area contributed by atoms with E-state index in [1.54, 1.807) is 13.2 Å². The van der Waals surface area contributed by atoms with Crippen LogP contribution in [0.4, 0.5) is 0 Å². The number of methoxy groups -OCH3 is 1. The second-order valence-corrected chi connectivity index (χ2v) is 4.23. The molecule has 0 unspecified atom stereocenters. The molecule has 0 aliphatic carbocycles. The Morgan fingerprint density at radius 1 is 1.47 bits per heavy atom. The minimum atomic E-state index is -1.04. The number of aromatic nitrogens is 2. The summed E-state index contributed by atoms with van der Waals surface area (Å²) in [5.41, 5.74) is 1.32. The Morgan fingerprint density at radius 3 is 2.82 bits per heavy atom. The molecule has 6 heteroatoms. The smallest absolute Gasteiger partial charge is 0.353 e. The van der Waals surface area contributed by atoms with Gasteiger partial charge < -0.3 is 9.84 Å². The topological polar surface area (TPSA) is 75.2 Å². The number of rotatable bonds is 3. The molecular formula is C11H9BrN2O3. The lowest BCUT2D eigenvalue weighted by Crippen LogP contribution is -1.95. The molecule has 17 heavy (non-hydrogen) atoms. The first-order valence-corrected chi connectivity index (χ1v) is 5.53. The third-order valence-electron chi connectivity index (χ3n) is 2.25. The number of hydrogen-bond acceptors (Lipinski definition) is 3. The molecule has 5 nitrogen and oxygen atoms in total. The van der Waals surface area contributed by atoms with Gasteiger partial charge >= 0.3 is 5.97 Å². The van der Waals surface area contributed by atoms with Gasteiger partial charge in [-0.3, -0.25) is 5.10 Å². The van der Waals surface area contributed by atoms with Gasteiger partial charge in [0.25, 0.3) is 0 Å². The minimum Gasteiger partial charge on any atom is -0.496 e. The quantitative estimate of drug-likeness (QED) is 0.913. The van der Waals surface area contributed by atoms with Crippen LogP contribution in [0.3, 0.4) is 0 Å². The maximum Gasteiger partial charge on any atom is 0.353 e. The van der Waals surface area contributed by atoms with Crippen molar-refractivity contribution in [1.29, 1.82) is 0 Å². The van der Waals surface area contributed by atoms with Crippen molar-refractivity contribution in [3.05, 3.63) is 34.4 Å². The van der Waals surface area contributed by atoms with E-state index in [4.69, 9.17) is 9.84 Å². The molecule has 0 radical (unpaired) electrons. The number of carboxylic acid groups (broad SMARTS) is 1. The molecule has 0 aliphatic heterocycles. The van der Waals surface area contributed by atoms with Crippen molar-refractivity contribution in [3.63, 3.8) is 0 Å². The zero-order valence-corrected chi connectivity index (χ0v) is 10.5. The van der Waals surface area contributed by atoms with Crippen molar-refractivity contribution < 1.29 is 14.6 Å². The van der Waals surface area contributed by atoms with E-state index in [-0.39, 0.29) is 5.69 Å². The fraction of sp³-hybridized carbons (Fsp3) is 0.0909. The summed E-state index contributed by atoms with van der Waals surface area (Å²) in [6, 6.07) is 6.91. The summed E-state index contributed by atoms with van der Waals surface area (Å²) in [7, 11) is 1.55. The van der Waals surface area contributed by atoms with Crippen LogP contribution in [0.2, 0.25) is 0 Å². The number of aromatic amines is 1. The van der Waals surface area contributed by atoms with Crippen LogP contribution in [0.1, 0.15) is 10.5 Å². The third kappa shape index (κ3) is 2.31. The Kier molecular flexibility index (Phi) is 3.14. The molecule has 0 bridgehead atoms. The highest BCUT2D eigenvalue weighted by Gasteiger charge is 2.12. The van der Waals surface area contributed by atoms with Gasteiger partial charge in [-0.1, -0.05) is 15.9 Å². The first kappa shape index (κ1) is 11.7. The molecule has 1 aromatic carbocycles. The molecule has 2 rings (SSSR count). The van der Waals surface area contributed by atoms with Crippen molar-refractivity contribution in [1.82, 2.24) is 10.2 Å². The molecule has 0 fully saturated rings. The summed E-state index contributed by atoms with van der Waals surface area (Å²) in [6.07, 6.45) is 0. The summed E-state index contributed by atoms with van der Waals surface area (Å²) >= 11 is 3.34. The molecule has 0 saturated heterocycles. The Hall–Kier alpha value is -1.82. The Balaban J connectivity index is 2.48. The number of nitrogens with zero attached hydrogens (tertiary/aromatic N) is 1. The lowest BCUT2D eigenvalue weighted by atomic mass is 10.1. The number of H-pyrrole nitrogens is 1. The summed E-state index contributed by atoms with van der Waals surface area (Å²) in [6.45, 7) is 0. The molecule has 0 aliphatic rings. The third-order valence-corrected chi connectivity index (χ3v) is 2.74. The van der Waals surface area contributed by atoms with E-state index in [0.717, 1.165) is 10.0 Å². The van der Waals surface area contributed by atoms with Gasteiger partial charge in [-0.15, -0.1) is 0 Å². The predicted molar refractivity (Wildman–Crippen MR) is 65.2 cm³/mol. The number of aromatic carboxylic acids is 1. The number of hydrogen-bond donors (Lipinski definition) is 2. The maximum absolute atomic E-state index is 10.7. The fourth-order valence-electron chi connectivity index (χ4n) is 1.45. The average molecular weight is 297 g/mol. The summed E-state index contributed by atoms with van der Waals surface area (Å²) < 4.78 is 6.10.